The van der Waals surface area contributed by atoms with Crippen molar-refractivity contribution in [1.29, 1.82) is 0 Å². The molecule has 2 aliphatic heterocycles. The molecule has 0 spiro atoms. The maximum atomic E-state index is 15.2. The molecule has 2 fully saturated rings. The molecule has 25 nitrogen and oxygen atoms in total. The van der Waals surface area contributed by atoms with Crippen LogP contribution < -0.4 is 65.9 Å². The number of carbonyl (C=O) groups is 9. The molecule has 4 aromatic rings. The molecule has 26 heteroatoms. The number of nitrogens with zero attached hydrogens (tertiary/aromatic N) is 3. The van der Waals surface area contributed by atoms with Crippen LogP contribution >= 0.6 is 11.6 Å². The van der Waals surface area contributed by atoms with Gasteiger partial charge in [0.05, 0.1) is 6.42 Å². The zero-order valence-electron chi connectivity index (χ0n) is 45.8. The van der Waals surface area contributed by atoms with Crippen LogP contribution in [0, 0.1) is 5.92 Å². The van der Waals surface area contributed by atoms with Crippen molar-refractivity contribution in [3.8, 4) is 0 Å². The standard InChI is InChI=1S/C56H75ClN16O9/c1-32(74)67-41(19-10-22-64-55(59)60)49(77)72-45-29-47(75)63-21-8-7-18-40(48(58)76)68-52(80)44(28-36-30-66-39-17-6-5-16-38(36)39)70-50(78)42(20-11-23-65-56(61)62)69-51(79)43(26-33-12-3-2-4-13-33)71-53(81)46-27-35(31-73(46)54(45)82)24-34-14-9-15-37(57)25-34/h2-6,9,12-17,25,30,35,40-46,66H,7-8,10-11,18-24,26-29,31H2,1H3,(H2,58,76)(H,63,75)(H,67,74)(H,68,80)(H,69,79)(H,70,78)(H,71,81)(H,72,77)(H4,59,60,64)(H4,61,62,65)/t35-,40+,41+,42+,43?,44+,45+,46+/m1/s1. The van der Waals surface area contributed by atoms with E-state index in [1.165, 1.54) is 11.8 Å². The highest BCUT2D eigenvalue weighted by Crippen LogP contribution is 2.29. The molecule has 6 rings (SSSR count). The number of H-pyrrole nitrogens is 1. The fraction of sp³-hybridized carbons (Fsp3) is 0.446. The number of aliphatic imine (C=N–C) groups is 2. The number of amides is 9. The molecule has 2 aliphatic rings. The van der Waals surface area contributed by atoms with Crippen molar-refractivity contribution in [1.82, 2.24) is 47.1 Å². The van der Waals surface area contributed by atoms with Crippen LogP contribution in [0.2, 0.25) is 5.02 Å². The first-order valence-corrected chi connectivity index (χ1v) is 27.7. The summed E-state index contributed by atoms with van der Waals surface area (Å²) in [4.78, 5) is 140. The highest BCUT2D eigenvalue weighted by atomic mass is 35.5. The monoisotopic (exact) mass is 1150 g/mol. The van der Waals surface area contributed by atoms with E-state index in [0.717, 1.165) is 16.5 Å². The molecule has 0 radical (unpaired) electrons. The molecule has 0 bridgehead atoms. The van der Waals surface area contributed by atoms with Gasteiger partial charge in [0.25, 0.3) is 0 Å². The predicted octanol–water partition coefficient (Wildman–Crippen LogP) is -0.722. The van der Waals surface area contributed by atoms with Gasteiger partial charge < -0.3 is 75.8 Å². The van der Waals surface area contributed by atoms with Crippen molar-refractivity contribution in [2.75, 3.05) is 26.2 Å². The number of para-hydroxylation sites is 1. The first-order chi connectivity index (χ1) is 39.2. The number of hydrogen-bond acceptors (Lipinski definition) is 11. The predicted molar refractivity (Wildman–Crippen MR) is 309 cm³/mol. The molecule has 3 aromatic carbocycles. The Kier molecular flexibility index (Phi) is 23.4. The van der Waals surface area contributed by atoms with E-state index in [0.29, 0.717) is 22.6 Å². The number of halogens is 1. The van der Waals surface area contributed by atoms with Gasteiger partial charge in [-0.3, -0.25) is 53.1 Å². The second kappa shape index (κ2) is 30.7. The van der Waals surface area contributed by atoms with Crippen molar-refractivity contribution in [3.05, 3.63) is 107 Å². The summed E-state index contributed by atoms with van der Waals surface area (Å²) in [5.41, 5.74) is 30.9. The van der Waals surface area contributed by atoms with E-state index < -0.39 is 102 Å². The molecule has 0 saturated carbocycles. The van der Waals surface area contributed by atoms with E-state index in [4.69, 9.17) is 40.3 Å². The minimum absolute atomic E-state index is 0.0234. The molecule has 18 N–H and O–H groups in total. The highest BCUT2D eigenvalue weighted by Gasteiger charge is 2.44. The molecule has 440 valence electrons. The Hall–Kier alpha value is -8.74. The SMILES string of the molecule is CC(=O)N[C@@H](CCCN=C(N)N)C(=O)N[C@H]1CC(=O)NCCCC[C@@H](C(N)=O)NC(=O)[C@H](Cc2c[nH]c3ccccc23)NC(=O)[C@H](CCCN=C(N)N)NC(=O)C(Cc2ccccc2)NC(=O)[C@@H]2C[C@@H](Cc3cccc(Cl)c3)CN2C1=O. The Morgan fingerprint density at radius 1 is 0.732 bits per heavy atom. The average molecular weight is 1150 g/mol. The number of aromatic nitrogens is 1. The van der Waals surface area contributed by atoms with Gasteiger partial charge in [-0.05, 0) is 98.6 Å². The molecule has 1 unspecified atom stereocenters. The van der Waals surface area contributed by atoms with Crippen LogP contribution in [0.3, 0.4) is 0 Å². The van der Waals surface area contributed by atoms with Crippen LogP contribution in [0.5, 0.6) is 0 Å². The summed E-state index contributed by atoms with van der Waals surface area (Å²) in [5.74, 6) is -7.56. The van der Waals surface area contributed by atoms with Crippen molar-refractivity contribution in [3.63, 3.8) is 0 Å². The van der Waals surface area contributed by atoms with E-state index in [1.807, 2.05) is 30.3 Å². The third kappa shape index (κ3) is 19.2. The van der Waals surface area contributed by atoms with Crippen molar-refractivity contribution >= 4 is 87.6 Å². The maximum absolute atomic E-state index is 15.2. The third-order valence-corrected chi connectivity index (χ3v) is 14.4. The van der Waals surface area contributed by atoms with Gasteiger partial charge in [0.1, 0.15) is 42.3 Å². The van der Waals surface area contributed by atoms with Gasteiger partial charge >= 0.3 is 0 Å². The van der Waals surface area contributed by atoms with Crippen LogP contribution in [0.4, 0.5) is 0 Å². The van der Waals surface area contributed by atoms with Crippen molar-refractivity contribution in [2.24, 2.45) is 44.6 Å². The van der Waals surface area contributed by atoms with Gasteiger partial charge in [0.2, 0.25) is 53.2 Å². The molecule has 8 atom stereocenters. The number of guanidine groups is 2. The van der Waals surface area contributed by atoms with Gasteiger partial charge in [0.15, 0.2) is 11.9 Å². The largest absolute Gasteiger partial charge is 0.370 e. The number of nitrogens with two attached hydrogens (primary N) is 5. The molecule has 9 amide bonds. The topological polar surface area (TPSA) is 412 Å². The van der Waals surface area contributed by atoms with E-state index in [1.54, 1.807) is 54.7 Å². The minimum Gasteiger partial charge on any atom is -0.370 e. The molecule has 0 aliphatic carbocycles. The first kappa shape index (κ1) is 62.5. The lowest BCUT2D eigenvalue weighted by Gasteiger charge is -2.31. The molecule has 1 aromatic heterocycles. The second-order valence-electron chi connectivity index (χ2n) is 20.6. The highest BCUT2D eigenvalue weighted by molar-refractivity contribution is 6.30. The zero-order valence-corrected chi connectivity index (χ0v) is 46.6. The zero-order chi connectivity index (χ0) is 59.3. The molecular weight excluding hydrogens is 1080 g/mol. The maximum Gasteiger partial charge on any atom is 0.246 e. The van der Waals surface area contributed by atoms with Gasteiger partial charge in [-0.25, -0.2) is 0 Å². The normalized spacial score (nSPS) is 22.0. The number of rotatable bonds is 18. The number of nitrogens with one attached hydrogen (secondary N) is 8. The van der Waals surface area contributed by atoms with Crippen LogP contribution in [0.25, 0.3) is 10.9 Å². The Morgan fingerprint density at radius 2 is 1.38 bits per heavy atom. The average Bonchev–Trinajstić information content (AvgIpc) is 4.12. The summed E-state index contributed by atoms with van der Waals surface area (Å²) in [5, 5.41) is 20.5. The van der Waals surface area contributed by atoms with Crippen LogP contribution in [-0.2, 0) is 62.4 Å². The Bertz CT molecular complexity index is 2970. The van der Waals surface area contributed by atoms with Crippen LogP contribution in [0.15, 0.2) is 95.0 Å². The number of hydrogen-bond donors (Lipinski definition) is 13. The number of aromatic amines is 1. The summed E-state index contributed by atoms with van der Waals surface area (Å²) in [6.45, 7) is 1.38. The fourth-order valence-electron chi connectivity index (χ4n) is 10.1. The summed E-state index contributed by atoms with van der Waals surface area (Å²) in [7, 11) is 0. The van der Waals surface area contributed by atoms with E-state index in [2.05, 4.69) is 52.2 Å². The lowest BCUT2D eigenvalue weighted by Crippen LogP contribution is -2.60. The number of primary amides is 1. The number of fused-ring (bicyclic) bond motifs is 2. The Balaban J connectivity index is 1.40. The van der Waals surface area contributed by atoms with Crippen molar-refractivity contribution < 1.29 is 43.2 Å². The smallest absolute Gasteiger partial charge is 0.246 e. The molecule has 3 heterocycles. The van der Waals surface area contributed by atoms with Gasteiger partial charge in [-0.1, -0.05) is 72.3 Å². The number of benzene rings is 3. The van der Waals surface area contributed by atoms with Crippen LogP contribution in [-0.4, -0.2) is 143 Å². The van der Waals surface area contributed by atoms with Gasteiger partial charge in [0, 0.05) is 68.1 Å². The first-order valence-electron chi connectivity index (χ1n) is 27.3. The molecule has 2 saturated heterocycles. The summed E-state index contributed by atoms with van der Waals surface area (Å²) in [6.07, 6.45) is 2.27. The van der Waals surface area contributed by atoms with E-state index in [9.17, 15) is 33.6 Å². The minimum atomic E-state index is -1.60. The van der Waals surface area contributed by atoms with Gasteiger partial charge in [-0.2, -0.15) is 0 Å². The summed E-state index contributed by atoms with van der Waals surface area (Å²) < 4.78 is 0. The number of carbonyl (C=O) groups excluding carboxylic acids is 9. The Morgan fingerprint density at radius 3 is 2.09 bits per heavy atom. The lowest BCUT2D eigenvalue weighted by atomic mass is 9.96. The van der Waals surface area contributed by atoms with Crippen molar-refractivity contribution in [2.45, 2.75) is 126 Å². The third-order valence-electron chi connectivity index (χ3n) is 14.2. The Labute approximate surface area is 479 Å². The van der Waals surface area contributed by atoms with E-state index in [-0.39, 0.29) is 108 Å². The molecular formula is C56H75ClN16O9. The quantitative estimate of drug-likeness (QED) is 0.0333. The molecule has 82 heavy (non-hydrogen) atoms. The summed E-state index contributed by atoms with van der Waals surface area (Å²) >= 11 is 6.39. The summed E-state index contributed by atoms with van der Waals surface area (Å²) in [6, 6.07) is 13.8. The van der Waals surface area contributed by atoms with Crippen LogP contribution in [0.1, 0.15) is 81.4 Å². The lowest BCUT2D eigenvalue weighted by molar-refractivity contribution is -0.143. The van der Waals surface area contributed by atoms with Gasteiger partial charge in [-0.15, -0.1) is 0 Å². The van der Waals surface area contributed by atoms with E-state index >= 15 is 9.59 Å². The second-order valence-corrected chi connectivity index (χ2v) is 21.0. The fourth-order valence-corrected chi connectivity index (χ4v) is 10.4.